The van der Waals surface area contributed by atoms with Crippen molar-refractivity contribution in [1.82, 2.24) is 9.38 Å². The van der Waals surface area contributed by atoms with Gasteiger partial charge >= 0.3 is 0 Å². The van der Waals surface area contributed by atoms with Gasteiger partial charge < -0.3 is 0 Å². The molecule has 0 saturated heterocycles. The van der Waals surface area contributed by atoms with Crippen molar-refractivity contribution in [1.29, 1.82) is 0 Å². The molecule has 34 heavy (non-hydrogen) atoms. The molecule has 0 amide bonds. The molecule has 158 valence electrons. The van der Waals surface area contributed by atoms with Crippen LogP contribution in [0.2, 0.25) is 0 Å². The van der Waals surface area contributed by atoms with Crippen molar-refractivity contribution in [3.63, 3.8) is 0 Å². The summed E-state index contributed by atoms with van der Waals surface area (Å²) >= 11 is 1.88. The van der Waals surface area contributed by atoms with E-state index in [1.807, 2.05) is 11.3 Å². The van der Waals surface area contributed by atoms with E-state index in [1.165, 1.54) is 53.0 Å². The number of para-hydroxylation sites is 3. The number of imidazole rings is 1. The summed E-state index contributed by atoms with van der Waals surface area (Å²) in [6, 6.07) is 39.3. The summed E-state index contributed by atoms with van der Waals surface area (Å²) in [5, 5.41) is 6.34. The number of thiophene rings is 1. The molecule has 0 N–H and O–H groups in total. The number of aromatic nitrogens is 2. The molecule has 0 radical (unpaired) electrons. The van der Waals surface area contributed by atoms with E-state index in [0.29, 0.717) is 0 Å². The van der Waals surface area contributed by atoms with Gasteiger partial charge in [-0.1, -0.05) is 72.8 Å². The highest BCUT2D eigenvalue weighted by molar-refractivity contribution is 7.26. The first-order chi connectivity index (χ1) is 16.9. The Morgan fingerprint density at radius 1 is 0.559 bits per heavy atom. The topological polar surface area (TPSA) is 17.3 Å². The fourth-order valence-electron chi connectivity index (χ4n) is 5.45. The Labute approximate surface area is 199 Å². The number of pyridine rings is 1. The van der Waals surface area contributed by atoms with Crippen LogP contribution >= 0.6 is 11.3 Å². The Bertz CT molecular complexity index is 2080. The molecule has 8 aromatic rings. The zero-order valence-electron chi connectivity index (χ0n) is 18.2. The maximum absolute atomic E-state index is 5.04. The number of nitrogens with zero attached hydrogens (tertiary/aromatic N) is 2. The monoisotopic (exact) mass is 450 g/mol. The smallest absolute Gasteiger partial charge is 0.146 e. The Kier molecular flexibility index (Phi) is 3.57. The molecule has 3 heterocycles. The second-order valence-electron chi connectivity index (χ2n) is 8.82. The van der Waals surface area contributed by atoms with Gasteiger partial charge in [-0.15, -0.1) is 11.3 Å². The molecule has 3 aromatic heterocycles. The van der Waals surface area contributed by atoms with Gasteiger partial charge in [-0.05, 0) is 52.9 Å². The van der Waals surface area contributed by atoms with Gasteiger partial charge in [0.1, 0.15) is 5.65 Å². The van der Waals surface area contributed by atoms with Crippen LogP contribution in [-0.2, 0) is 0 Å². The predicted molar refractivity (Wildman–Crippen MR) is 146 cm³/mol. The first kappa shape index (κ1) is 18.2. The molecule has 5 aromatic carbocycles. The van der Waals surface area contributed by atoms with Crippen molar-refractivity contribution in [2.24, 2.45) is 0 Å². The summed E-state index contributed by atoms with van der Waals surface area (Å²) in [7, 11) is 0. The van der Waals surface area contributed by atoms with Crippen LogP contribution < -0.4 is 0 Å². The third kappa shape index (κ3) is 2.37. The van der Waals surface area contributed by atoms with Crippen LogP contribution in [0.3, 0.4) is 0 Å². The van der Waals surface area contributed by atoms with Crippen molar-refractivity contribution >= 4 is 69.9 Å². The van der Waals surface area contributed by atoms with Gasteiger partial charge in [0.25, 0.3) is 0 Å². The zero-order chi connectivity index (χ0) is 22.2. The summed E-state index contributed by atoms with van der Waals surface area (Å²) in [5.74, 6) is 0. The fraction of sp³-hybridized carbons (Fsp3) is 0. The molecule has 0 bridgehead atoms. The molecule has 0 fully saturated rings. The van der Waals surface area contributed by atoms with Crippen LogP contribution in [0.15, 0.2) is 109 Å². The fourth-order valence-corrected chi connectivity index (χ4v) is 6.69. The molecule has 2 nitrogen and oxygen atoms in total. The number of hydrogen-bond acceptors (Lipinski definition) is 2. The summed E-state index contributed by atoms with van der Waals surface area (Å²) in [6.07, 6.45) is 0. The average Bonchev–Trinajstić information content (AvgIpc) is 3.47. The van der Waals surface area contributed by atoms with Crippen molar-refractivity contribution < 1.29 is 0 Å². The molecule has 3 heteroatoms. The summed E-state index contributed by atoms with van der Waals surface area (Å²) in [6.45, 7) is 0. The minimum absolute atomic E-state index is 1.02. The van der Waals surface area contributed by atoms with E-state index < -0.39 is 0 Å². The lowest BCUT2D eigenvalue weighted by molar-refractivity contribution is 1.31. The molecule has 0 aliphatic heterocycles. The van der Waals surface area contributed by atoms with Crippen LogP contribution in [0.1, 0.15) is 0 Å². The Hall–Kier alpha value is -4.21. The lowest BCUT2D eigenvalue weighted by atomic mass is 9.98. The molecule has 8 rings (SSSR count). The molecule has 0 unspecified atom stereocenters. The third-order valence-corrected chi connectivity index (χ3v) is 8.19. The predicted octanol–water partition coefficient (Wildman–Crippen LogP) is 8.83. The van der Waals surface area contributed by atoms with Crippen molar-refractivity contribution in [2.45, 2.75) is 0 Å². The quantitative estimate of drug-likeness (QED) is 0.228. The standard InChI is InChI=1S/C31H18N2S/c1-4-13-27-21(8-1)25-18-19(16-17-24(25)31-32-26-12-3-5-14-28(26)33(27)31)20-10-7-11-23-22-9-2-6-15-29(22)34-30(20)23/h1-18H. The van der Waals surface area contributed by atoms with Crippen LogP contribution in [0.4, 0.5) is 0 Å². The van der Waals surface area contributed by atoms with E-state index in [4.69, 9.17) is 4.98 Å². The average molecular weight is 451 g/mol. The molecular weight excluding hydrogens is 432 g/mol. The number of benzene rings is 5. The van der Waals surface area contributed by atoms with E-state index in [9.17, 15) is 0 Å². The van der Waals surface area contributed by atoms with Crippen LogP contribution in [-0.4, -0.2) is 9.38 Å². The molecule has 0 atom stereocenters. The zero-order valence-corrected chi connectivity index (χ0v) is 19.0. The van der Waals surface area contributed by atoms with E-state index in [0.717, 1.165) is 16.7 Å². The second kappa shape index (κ2) is 6.66. The van der Waals surface area contributed by atoms with E-state index >= 15 is 0 Å². The second-order valence-corrected chi connectivity index (χ2v) is 9.87. The minimum Gasteiger partial charge on any atom is -0.292 e. The SMILES string of the molecule is c1ccc2c(c1)nc1c3ccc(-c4cccc5c4sc4ccccc45)cc3c3ccccc3n21. The highest BCUT2D eigenvalue weighted by atomic mass is 32.1. The first-order valence-corrected chi connectivity index (χ1v) is 12.3. The lowest BCUT2D eigenvalue weighted by Gasteiger charge is -2.11. The van der Waals surface area contributed by atoms with Crippen molar-refractivity contribution in [3.8, 4) is 11.1 Å². The van der Waals surface area contributed by atoms with Crippen molar-refractivity contribution in [2.75, 3.05) is 0 Å². The summed E-state index contributed by atoms with van der Waals surface area (Å²) in [5.41, 5.74) is 6.92. The molecule has 0 spiro atoms. The van der Waals surface area contributed by atoms with Gasteiger partial charge in [0.15, 0.2) is 0 Å². The summed E-state index contributed by atoms with van der Waals surface area (Å²) in [4.78, 5) is 5.04. The maximum atomic E-state index is 5.04. The third-order valence-electron chi connectivity index (χ3n) is 6.97. The lowest BCUT2D eigenvalue weighted by Crippen LogP contribution is -1.91. The molecule has 0 saturated carbocycles. The van der Waals surface area contributed by atoms with Gasteiger partial charge in [-0.3, -0.25) is 4.40 Å². The van der Waals surface area contributed by atoms with E-state index in [2.05, 4.69) is 114 Å². The highest BCUT2D eigenvalue weighted by Crippen LogP contribution is 2.41. The van der Waals surface area contributed by atoms with Crippen molar-refractivity contribution in [3.05, 3.63) is 109 Å². The minimum atomic E-state index is 1.02. The van der Waals surface area contributed by atoms with E-state index in [1.54, 1.807) is 0 Å². The first-order valence-electron chi connectivity index (χ1n) is 11.5. The van der Waals surface area contributed by atoms with Gasteiger partial charge in [0.2, 0.25) is 0 Å². The summed E-state index contributed by atoms with van der Waals surface area (Å²) < 4.78 is 4.99. The Balaban J connectivity index is 1.50. The molecule has 0 aliphatic rings. The molecular formula is C31H18N2S. The van der Waals surface area contributed by atoms with Crippen LogP contribution in [0.25, 0.3) is 69.7 Å². The number of fused-ring (bicyclic) bond motifs is 11. The Morgan fingerprint density at radius 2 is 1.32 bits per heavy atom. The molecule has 0 aliphatic carbocycles. The number of rotatable bonds is 1. The number of hydrogen-bond donors (Lipinski definition) is 0. The van der Waals surface area contributed by atoms with Crippen LogP contribution in [0, 0.1) is 0 Å². The van der Waals surface area contributed by atoms with Gasteiger partial charge in [0.05, 0.1) is 16.6 Å². The van der Waals surface area contributed by atoms with Gasteiger partial charge in [0, 0.05) is 30.9 Å². The Morgan fingerprint density at radius 3 is 2.26 bits per heavy atom. The van der Waals surface area contributed by atoms with E-state index in [-0.39, 0.29) is 0 Å². The largest absolute Gasteiger partial charge is 0.292 e. The van der Waals surface area contributed by atoms with Crippen LogP contribution in [0.5, 0.6) is 0 Å². The van der Waals surface area contributed by atoms with Gasteiger partial charge in [-0.25, -0.2) is 4.98 Å². The van der Waals surface area contributed by atoms with Gasteiger partial charge in [-0.2, -0.15) is 0 Å². The normalized spacial score (nSPS) is 12.1. The highest BCUT2D eigenvalue weighted by Gasteiger charge is 2.15. The maximum Gasteiger partial charge on any atom is 0.146 e.